The quantitative estimate of drug-likeness (QED) is 0.333. The summed E-state index contributed by atoms with van der Waals surface area (Å²) in [5, 5.41) is 3.39. The Kier molecular flexibility index (Phi) is 8.30. The fourth-order valence-corrected chi connectivity index (χ4v) is 2.28. The summed E-state index contributed by atoms with van der Waals surface area (Å²) in [5.74, 6) is 1.71. The number of likely N-dealkylation sites (tertiary alicyclic amines) is 1. The molecule has 0 aromatic rings. The lowest BCUT2D eigenvalue weighted by atomic mass is 10.1. The van der Waals surface area contributed by atoms with Gasteiger partial charge in [0.05, 0.1) is 6.61 Å². The average Bonchev–Trinajstić information content (AvgIpc) is 2.88. The molecule has 1 rings (SSSR count). The zero-order valence-corrected chi connectivity index (χ0v) is 12.7. The summed E-state index contributed by atoms with van der Waals surface area (Å²) >= 11 is 0. The minimum atomic E-state index is 0.652. The molecule has 1 unspecified atom stereocenters. The molecule has 0 spiro atoms. The van der Waals surface area contributed by atoms with Crippen LogP contribution in [0.25, 0.3) is 0 Å². The topological polar surface area (TPSA) is 36.9 Å². The smallest absolute Gasteiger partial charge is 0.193 e. The van der Waals surface area contributed by atoms with E-state index in [0.717, 1.165) is 51.8 Å². The zero-order chi connectivity index (χ0) is 13.9. The van der Waals surface area contributed by atoms with Gasteiger partial charge in [-0.3, -0.25) is 4.99 Å². The van der Waals surface area contributed by atoms with Gasteiger partial charge in [0.15, 0.2) is 5.96 Å². The van der Waals surface area contributed by atoms with Crippen LogP contribution in [0.15, 0.2) is 17.1 Å². The first-order chi connectivity index (χ1) is 9.31. The Balaban J connectivity index is 2.43. The van der Waals surface area contributed by atoms with Gasteiger partial charge in [0.1, 0.15) is 0 Å². The Labute approximate surface area is 117 Å². The maximum absolute atomic E-state index is 5.52. The summed E-state index contributed by atoms with van der Waals surface area (Å²) in [7, 11) is 0. The van der Waals surface area contributed by atoms with Gasteiger partial charge in [-0.15, -0.1) is 0 Å². The predicted octanol–water partition coefficient (Wildman–Crippen LogP) is 2.28. The van der Waals surface area contributed by atoms with E-state index in [1.807, 2.05) is 6.92 Å². The first-order valence-corrected chi connectivity index (χ1v) is 7.53. The molecule has 0 aliphatic carbocycles. The first kappa shape index (κ1) is 16.0. The lowest BCUT2D eigenvalue weighted by Gasteiger charge is -2.21. The van der Waals surface area contributed by atoms with Crippen LogP contribution in [0.1, 0.15) is 33.6 Å². The van der Waals surface area contributed by atoms with Crippen LogP contribution < -0.4 is 5.32 Å². The van der Waals surface area contributed by atoms with Crippen molar-refractivity contribution < 1.29 is 4.74 Å². The van der Waals surface area contributed by atoms with E-state index in [9.17, 15) is 0 Å². The summed E-state index contributed by atoms with van der Waals surface area (Å²) in [6.45, 7) is 11.9. The summed E-state index contributed by atoms with van der Waals surface area (Å²) in [5.41, 5.74) is 0. The highest BCUT2D eigenvalue weighted by Crippen LogP contribution is 2.16. The molecule has 19 heavy (non-hydrogen) atoms. The van der Waals surface area contributed by atoms with Crippen molar-refractivity contribution in [2.45, 2.75) is 33.6 Å². The van der Waals surface area contributed by atoms with E-state index >= 15 is 0 Å². The minimum Gasteiger partial charge on any atom is -0.381 e. The van der Waals surface area contributed by atoms with Gasteiger partial charge in [-0.1, -0.05) is 12.2 Å². The van der Waals surface area contributed by atoms with Crippen LogP contribution in [0.2, 0.25) is 0 Å². The van der Waals surface area contributed by atoms with E-state index in [1.54, 1.807) is 0 Å². The summed E-state index contributed by atoms with van der Waals surface area (Å²) < 4.78 is 5.52. The van der Waals surface area contributed by atoms with Crippen molar-refractivity contribution in [3.05, 3.63) is 12.2 Å². The van der Waals surface area contributed by atoms with Crippen LogP contribution in [0.4, 0.5) is 0 Å². The minimum absolute atomic E-state index is 0.652. The van der Waals surface area contributed by atoms with Crippen molar-refractivity contribution in [3.63, 3.8) is 0 Å². The number of hydrogen-bond donors (Lipinski definition) is 1. The summed E-state index contributed by atoms with van der Waals surface area (Å²) in [6, 6.07) is 0. The average molecular weight is 267 g/mol. The van der Waals surface area contributed by atoms with Gasteiger partial charge in [-0.05, 0) is 33.6 Å². The molecule has 1 aliphatic rings. The van der Waals surface area contributed by atoms with Crippen molar-refractivity contribution in [1.29, 1.82) is 0 Å². The van der Waals surface area contributed by atoms with E-state index < -0.39 is 0 Å². The third-order valence-electron chi connectivity index (χ3n) is 3.27. The summed E-state index contributed by atoms with van der Waals surface area (Å²) in [4.78, 5) is 7.05. The maximum Gasteiger partial charge on any atom is 0.193 e. The van der Waals surface area contributed by atoms with E-state index in [-0.39, 0.29) is 0 Å². The molecule has 0 aromatic heterocycles. The predicted molar refractivity (Wildman–Crippen MR) is 81.6 cm³/mol. The van der Waals surface area contributed by atoms with E-state index in [2.05, 4.69) is 41.2 Å². The molecule has 1 saturated heterocycles. The number of ether oxygens (including phenoxy) is 1. The lowest BCUT2D eigenvalue weighted by Crippen LogP contribution is -2.40. The highest BCUT2D eigenvalue weighted by Gasteiger charge is 2.24. The van der Waals surface area contributed by atoms with Gasteiger partial charge in [0, 0.05) is 38.7 Å². The van der Waals surface area contributed by atoms with Crippen molar-refractivity contribution >= 4 is 5.96 Å². The second-order valence-corrected chi connectivity index (χ2v) is 4.85. The molecule has 4 heteroatoms. The molecular formula is C15H29N3O. The molecule has 0 saturated carbocycles. The van der Waals surface area contributed by atoms with Crippen LogP contribution >= 0.6 is 0 Å². The number of guanidine groups is 1. The number of allylic oxidation sites excluding steroid dienone is 1. The van der Waals surface area contributed by atoms with Gasteiger partial charge in [0.2, 0.25) is 0 Å². The monoisotopic (exact) mass is 267 g/mol. The third kappa shape index (κ3) is 6.10. The fraction of sp³-hybridized carbons (Fsp3) is 0.800. The number of aliphatic imine (C=N–C) groups is 1. The van der Waals surface area contributed by atoms with Gasteiger partial charge >= 0.3 is 0 Å². The molecule has 0 radical (unpaired) electrons. The Bertz CT molecular complexity index is 289. The Morgan fingerprint density at radius 2 is 2.32 bits per heavy atom. The maximum atomic E-state index is 5.52. The Morgan fingerprint density at radius 1 is 1.47 bits per heavy atom. The van der Waals surface area contributed by atoms with E-state index in [0.29, 0.717) is 5.92 Å². The molecule has 110 valence electrons. The van der Waals surface area contributed by atoms with Crippen molar-refractivity contribution in [1.82, 2.24) is 10.2 Å². The van der Waals surface area contributed by atoms with Gasteiger partial charge in [-0.2, -0.15) is 0 Å². The molecule has 4 nitrogen and oxygen atoms in total. The van der Waals surface area contributed by atoms with Crippen molar-refractivity contribution in [2.24, 2.45) is 10.9 Å². The van der Waals surface area contributed by atoms with Crippen LogP contribution in [-0.2, 0) is 4.74 Å². The summed E-state index contributed by atoms with van der Waals surface area (Å²) in [6.07, 6.45) is 6.46. The van der Waals surface area contributed by atoms with Crippen LogP contribution in [0, 0.1) is 5.92 Å². The van der Waals surface area contributed by atoms with Gasteiger partial charge < -0.3 is 15.0 Å². The zero-order valence-electron chi connectivity index (χ0n) is 12.7. The van der Waals surface area contributed by atoms with Gasteiger partial charge in [-0.25, -0.2) is 0 Å². The van der Waals surface area contributed by atoms with E-state index in [4.69, 9.17) is 4.74 Å². The highest BCUT2D eigenvalue weighted by atomic mass is 16.5. The SMILES string of the molecule is C/C=C/CCN=C(NCC)N1CCC(COCC)C1. The van der Waals surface area contributed by atoms with E-state index in [1.165, 1.54) is 6.42 Å². The van der Waals surface area contributed by atoms with Crippen molar-refractivity contribution in [2.75, 3.05) is 39.4 Å². The Hall–Kier alpha value is -1.03. The second kappa shape index (κ2) is 9.84. The number of rotatable bonds is 7. The first-order valence-electron chi connectivity index (χ1n) is 7.53. The number of nitrogens with one attached hydrogen (secondary N) is 1. The molecule has 0 bridgehead atoms. The standard InChI is InChI=1S/C15H29N3O/c1-4-7-8-10-17-15(16-5-2)18-11-9-14(12-18)13-19-6-3/h4,7,14H,5-6,8-13H2,1-3H3,(H,16,17)/b7-4+. The normalized spacial score (nSPS) is 20.5. The van der Waals surface area contributed by atoms with Crippen LogP contribution in [0.3, 0.4) is 0 Å². The molecule has 1 fully saturated rings. The lowest BCUT2D eigenvalue weighted by molar-refractivity contribution is 0.114. The fourth-order valence-electron chi connectivity index (χ4n) is 2.28. The molecule has 0 amide bonds. The molecule has 1 N–H and O–H groups in total. The molecule has 0 aromatic carbocycles. The van der Waals surface area contributed by atoms with Gasteiger partial charge in [0.25, 0.3) is 0 Å². The molecular weight excluding hydrogens is 238 g/mol. The number of nitrogens with zero attached hydrogens (tertiary/aromatic N) is 2. The Morgan fingerprint density at radius 3 is 3.00 bits per heavy atom. The van der Waals surface area contributed by atoms with Crippen molar-refractivity contribution in [3.8, 4) is 0 Å². The van der Waals surface area contributed by atoms with Crippen LogP contribution in [-0.4, -0.2) is 50.3 Å². The third-order valence-corrected chi connectivity index (χ3v) is 3.27. The number of hydrogen-bond acceptors (Lipinski definition) is 2. The highest BCUT2D eigenvalue weighted by molar-refractivity contribution is 5.80. The molecule has 1 heterocycles. The van der Waals surface area contributed by atoms with Crippen LogP contribution in [0.5, 0.6) is 0 Å². The largest absolute Gasteiger partial charge is 0.381 e. The molecule has 1 atom stereocenters. The molecule has 1 aliphatic heterocycles. The second-order valence-electron chi connectivity index (χ2n) is 4.85.